The maximum atomic E-state index is 12.7. The van der Waals surface area contributed by atoms with Crippen LogP contribution in [0.2, 0.25) is 0 Å². The zero-order valence-electron chi connectivity index (χ0n) is 15.8. The van der Waals surface area contributed by atoms with Gasteiger partial charge < -0.3 is 18.8 Å². The highest BCUT2D eigenvalue weighted by atomic mass is 32.1. The maximum absolute atomic E-state index is 12.7. The fourth-order valence-corrected chi connectivity index (χ4v) is 3.80. The number of carbonyl (C=O) groups is 2. The van der Waals surface area contributed by atoms with Gasteiger partial charge in [-0.2, -0.15) is 4.99 Å². The molecule has 0 aliphatic rings. The number of esters is 1. The van der Waals surface area contributed by atoms with Crippen molar-refractivity contribution in [3.63, 3.8) is 0 Å². The molecule has 0 saturated heterocycles. The molecule has 0 aliphatic carbocycles. The first kappa shape index (κ1) is 19.6. The average molecular weight is 400 g/mol. The Kier molecular flexibility index (Phi) is 6.10. The summed E-state index contributed by atoms with van der Waals surface area (Å²) in [4.78, 5) is 29.1. The molecule has 0 atom stereocenters. The van der Waals surface area contributed by atoms with E-state index >= 15 is 0 Å². The minimum absolute atomic E-state index is 0.189. The van der Waals surface area contributed by atoms with Gasteiger partial charge in [0.25, 0.3) is 5.91 Å². The number of thiazole rings is 1. The molecule has 0 fully saturated rings. The number of hydrogen-bond donors (Lipinski definition) is 0. The second-order valence-electron chi connectivity index (χ2n) is 5.82. The second kappa shape index (κ2) is 8.71. The number of fused-ring (bicyclic) bond motifs is 1. The first-order valence-electron chi connectivity index (χ1n) is 8.53. The van der Waals surface area contributed by atoms with E-state index in [4.69, 9.17) is 14.2 Å². The molecule has 2 aromatic carbocycles. The van der Waals surface area contributed by atoms with Crippen LogP contribution in [0.4, 0.5) is 0 Å². The second-order valence-corrected chi connectivity index (χ2v) is 6.83. The van der Waals surface area contributed by atoms with Gasteiger partial charge in [0.1, 0.15) is 0 Å². The number of methoxy groups -OCH3 is 3. The van der Waals surface area contributed by atoms with Crippen molar-refractivity contribution in [3.05, 3.63) is 52.8 Å². The SMILES string of the molecule is COC(=O)CCn1c(=NC(=O)c2ccc(OC)c(OC)c2)sc2ccccc21. The van der Waals surface area contributed by atoms with Crippen LogP contribution < -0.4 is 14.3 Å². The number of benzene rings is 2. The lowest BCUT2D eigenvalue weighted by Crippen LogP contribution is -2.19. The molecule has 0 N–H and O–H groups in total. The van der Waals surface area contributed by atoms with E-state index in [0.717, 1.165) is 10.2 Å². The molecule has 0 bridgehead atoms. The minimum atomic E-state index is -0.403. The summed E-state index contributed by atoms with van der Waals surface area (Å²) >= 11 is 1.39. The van der Waals surface area contributed by atoms with E-state index in [1.165, 1.54) is 32.7 Å². The van der Waals surface area contributed by atoms with Crippen LogP contribution in [0.15, 0.2) is 47.5 Å². The predicted octanol–water partition coefficient (Wildman–Crippen LogP) is 3.02. The van der Waals surface area contributed by atoms with Crippen molar-refractivity contribution >= 4 is 33.4 Å². The van der Waals surface area contributed by atoms with Gasteiger partial charge in [0, 0.05) is 12.1 Å². The quantitative estimate of drug-likeness (QED) is 0.594. The van der Waals surface area contributed by atoms with Gasteiger partial charge in [0.05, 0.1) is 38.0 Å². The van der Waals surface area contributed by atoms with Crippen LogP contribution in [0.25, 0.3) is 10.2 Å². The van der Waals surface area contributed by atoms with Gasteiger partial charge in [-0.3, -0.25) is 9.59 Å². The maximum Gasteiger partial charge on any atom is 0.307 e. The lowest BCUT2D eigenvalue weighted by atomic mass is 10.2. The highest BCUT2D eigenvalue weighted by Gasteiger charge is 2.13. The Morgan fingerprint density at radius 1 is 1.04 bits per heavy atom. The van der Waals surface area contributed by atoms with Crippen molar-refractivity contribution in [1.82, 2.24) is 4.57 Å². The Morgan fingerprint density at radius 2 is 1.79 bits per heavy atom. The van der Waals surface area contributed by atoms with Crippen LogP contribution in [-0.2, 0) is 16.1 Å². The molecular formula is C20H20N2O5S. The Morgan fingerprint density at radius 3 is 2.50 bits per heavy atom. The highest BCUT2D eigenvalue weighted by molar-refractivity contribution is 7.16. The summed E-state index contributed by atoms with van der Waals surface area (Å²) in [7, 11) is 4.39. The van der Waals surface area contributed by atoms with Gasteiger partial charge in [-0.1, -0.05) is 23.5 Å². The number of amides is 1. The first-order valence-corrected chi connectivity index (χ1v) is 9.35. The normalized spacial score (nSPS) is 11.5. The fourth-order valence-electron chi connectivity index (χ4n) is 2.75. The van der Waals surface area contributed by atoms with Gasteiger partial charge in [0.2, 0.25) is 0 Å². The third-order valence-corrected chi connectivity index (χ3v) is 5.24. The van der Waals surface area contributed by atoms with Crippen molar-refractivity contribution in [2.24, 2.45) is 4.99 Å². The van der Waals surface area contributed by atoms with Crippen molar-refractivity contribution in [2.45, 2.75) is 13.0 Å². The van der Waals surface area contributed by atoms with Gasteiger partial charge in [-0.05, 0) is 30.3 Å². The zero-order valence-corrected chi connectivity index (χ0v) is 16.6. The van der Waals surface area contributed by atoms with Crippen molar-refractivity contribution in [2.75, 3.05) is 21.3 Å². The van der Waals surface area contributed by atoms with Crippen molar-refractivity contribution in [3.8, 4) is 11.5 Å². The zero-order chi connectivity index (χ0) is 20.1. The molecule has 28 heavy (non-hydrogen) atoms. The fraction of sp³-hybridized carbons (Fsp3) is 0.250. The summed E-state index contributed by atoms with van der Waals surface area (Å²) in [6, 6.07) is 12.6. The number of rotatable bonds is 6. The molecule has 0 spiro atoms. The summed E-state index contributed by atoms with van der Waals surface area (Å²) in [6.45, 7) is 0.370. The molecule has 3 rings (SSSR count). The van der Waals surface area contributed by atoms with E-state index in [1.54, 1.807) is 18.2 Å². The number of aryl methyl sites for hydroxylation is 1. The summed E-state index contributed by atoms with van der Waals surface area (Å²) in [5, 5.41) is 0. The van der Waals surface area contributed by atoms with Crippen LogP contribution in [-0.4, -0.2) is 37.8 Å². The molecule has 3 aromatic rings. The largest absolute Gasteiger partial charge is 0.493 e. The molecule has 146 valence electrons. The first-order chi connectivity index (χ1) is 13.6. The predicted molar refractivity (Wildman–Crippen MR) is 106 cm³/mol. The standard InChI is InChI=1S/C20H20N2O5S/c1-25-15-9-8-13(12-16(15)26-2)19(24)21-20-22(11-10-18(23)27-3)14-6-4-5-7-17(14)28-20/h4-9,12H,10-11H2,1-3H3. The van der Waals surface area contributed by atoms with Gasteiger partial charge >= 0.3 is 5.97 Å². The molecule has 0 saturated carbocycles. The Labute approximate surface area is 165 Å². The monoisotopic (exact) mass is 400 g/mol. The molecule has 1 aromatic heterocycles. The molecular weight excluding hydrogens is 380 g/mol. The smallest absolute Gasteiger partial charge is 0.307 e. The van der Waals surface area contributed by atoms with E-state index in [0.29, 0.717) is 28.4 Å². The molecule has 0 unspecified atom stereocenters. The number of aromatic nitrogens is 1. The lowest BCUT2D eigenvalue weighted by Gasteiger charge is -2.08. The van der Waals surface area contributed by atoms with E-state index in [1.807, 2.05) is 28.8 Å². The van der Waals surface area contributed by atoms with E-state index in [-0.39, 0.29) is 12.4 Å². The van der Waals surface area contributed by atoms with E-state index < -0.39 is 5.91 Å². The number of hydrogen-bond acceptors (Lipinski definition) is 6. The Hall–Kier alpha value is -3.13. The minimum Gasteiger partial charge on any atom is -0.493 e. The summed E-state index contributed by atoms with van der Waals surface area (Å²) in [6.07, 6.45) is 0.189. The molecule has 8 heteroatoms. The van der Waals surface area contributed by atoms with Gasteiger partial charge in [-0.15, -0.1) is 0 Å². The third-order valence-electron chi connectivity index (χ3n) is 4.18. The number of ether oxygens (including phenoxy) is 3. The van der Waals surface area contributed by atoms with Crippen LogP contribution >= 0.6 is 11.3 Å². The number of nitrogens with zero attached hydrogens (tertiary/aromatic N) is 2. The summed E-state index contributed by atoms with van der Waals surface area (Å²) in [5.41, 5.74) is 1.30. The Balaban J connectivity index is 2.03. The lowest BCUT2D eigenvalue weighted by molar-refractivity contribution is -0.140. The van der Waals surface area contributed by atoms with Crippen LogP contribution in [0.1, 0.15) is 16.8 Å². The van der Waals surface area contributed by atoms with Crippen LogP contribution in [0.3, 0.4) is 0 Å². The molecule has 1 heterocycles. The average Bonchev–Trinajstić information content (AvgIpc) is 3.08. The highest BCUT2D eigenvalue weighted by Crippen LogP contribution is 2.27. The van der Waals surface area contributed by atoms with Gasteiger partial charge in [0.15, 0.2) is 16.3 Å². The van der Waals surface area contributed by atoms with Crippen molar-refractivity contribution < 1.29 is 23.8 Å². The summed E-state index contributed by atoms with van der Waals surface area (Å²) in [5.74, 6) is 0.270. The topological polar surface area (TPSA) is 79.1 Å². The van der Waals surface area contributed by atoms with Crippen LogP contribution in [0, 0.1) is 0 Å². The number of carbonyl (C=O) groups excluding carboxylic acids is 2. The molecule has 0 aliphatic heterocycles. The van der Waals surface area contributed by atoms with Crippen molar-refractivity contribution in [1.29, 1.82) is 0 Å². The molecule has 7 nitrogen and oxygen atoms in total. The number of para-hydroxylation sites is 1. The Bertz CT molecular complexity index is 1080. The molecule has 1 amide bonds. The van der Waals surface area contributed by atoms with E-state index in [2.05, 4.69) is 4.99 Å². The third kappa shape index (κ3) is 4.07. The van der Waals surface area contributed by atoms with Crippen LogP contribution in [0.5, 0.6) is 11.5 Å². The van der Waals surface area contributed by atoms with Gasteiger partial charge in [-0.25, -0.2) is 0 Å². The summed E-state index contributed by atoms with van der Waals surface area (Å²) < 4.78 is 18.0. The van der Waals surface area contributed by atoms with E-state index in [9.17, 15) is 9.59 Å². The molecule has 0 radical (unpaired) electrons.